The van der Waals surface area contributed by atoms with E-state index in [1.165, 1.54) is 7.11 Å². The molecular weight excluding hydrogens is 350 g/mol. The van der Waals surface area contributed by atoms with E-state index in [9.17, 15) is 9.59 Å². The van der Waals surface area contributed by atoms with Crippen LogP contribution in [0, 0.1) is 0 Å². The van der Waals surface area contributed by atoms with Crippen LogP contribution in [0.5, 0.6) is 5.75 Å². The lowest BCUT2D eigenvalue weighted by Gasteiger charge is -2.28. The van der Waals surface area contributed by atoms with Crippen molar-refractivity contribution in [2.75, 3.05) is 7.11 Å². The lowest BCUT2D eigenvalue weighted by molar-refractivity contribution is -0.136. The molecule has 2 aromatic carbocycles. The monoisotopic (exact) mass is 365 g/mol. The predicted molar refractivity (Wildman–Crippen MR) is 100 cm³/mol. The Morgan fingerprint density at radius 3 is 2.54 bits per heavy atom. The summed E-state index contributed by atoms with van der Waals surface area (Å²) < 4.78 is 11.3. The van der Waals surface area contributed by atoms with Crippen LogP contribution in [0.25, 0.3) is 10.1 Å². The van der Waals surface area contributed by atoms with Crippen molar-refractivity contribution < 1.29 is 14.3 Å². The lowest BCUT2D eigenvalue weighted by atomic mass is 9.83. The molecule has 4 rings (SSSR count). The molecule has 130 valence electrons. The number of carbonyl (C=O) groups excluding carboxylic acids is 1. The molecule has 3 aromatic rings. The summed E-state index contributed by atoms with van der Waals surface area (Å²) >= 11 is 1.13. The van der Waals surface area contributed by atoms with Gasteiger partial charge in [0.2, 0.25) is 10.6 Å². The van der Waals surface area contributed by atoms with Crippen LogP contribution in [0.1, 0.15) is 17.0 Å². The fraction of sp³-hybridized carbons (Fsp3) is 0.100. The topological polar surface area (TPSA) is 78.6 Å². The zero-order chi connectivity index (χ0) is 18.3. The molecule has 0 bridgehead atoms. The number of fused-ring (bicyclic) bond motifs is 3. The number of methoxy groups -OCH3 is 1. The second-order valence-electron chi connectivity index (χ2n) is 5.84. The van der Waals surface area contributed by atoms with Gasteiger partial charge in [-0.25, -0.2) is 4.79 Å². The molecule has 2 N–H and O–H groups in total. The number of ether oxygens (including phenoxy) is 2. The first-order chi connectivity index (χ1) is 12.6. The maximum Gasteiger partial charge on any atom is 0.340 e. The smallest absolute Gasteiger partial charge is 0.340 e. The third-order valence-corrected chi connectivity index (χ3v) is 5.37. The average Bonchev–Trinajstić information content (AvgIpc) is 2.67. The Morgan fingerprint density at radius 2 is 1.81 bits per heavy atom. The van der Waals surface area contributed by atoms with Crippen molar-refractivity contribution in [2.24, 2.45) is 5.73 Å². The number of nitrogens with two attached hydrogens (primary N) is 1. The molecule has 0 saturated carbocycles. The molecule has 26 heavy (non-hydrogen) atoms. The third kappa shape index (κ3) is 2.46. The number of benzene rings is 2. The van der Waals surface area contributed by atoms with Crippen molar-refractivity contribution in [3.63, 3.8) is 0 Å². The molecular formula is C20H15NO4S. The number of hydrogen-bond donors (Lipinski definition) is 1. The molecule has 2 heterocycles. The first kappa shape index (κ1) is 16.4. The van der Waals surface area contributed by atoms with Crippen LogP contribution in [0.3, 0.4) is 0 Å². The van der Waals surface area contributed by atoms with Crippen LogP contribution in [-0.4, -0.2) is 13.1 Å². The van der Waals surface area contributed by atoms with Gasteiger partial charge in [-0.05, 0) is 17.7 Å². The number of carbonyl (C=O) groups is 1. The SMILES string of the molecule is COC(=O)C1=C(N)Oc2c(c(=O)sc3ccccc23)C1c1ccccc1. The van der Waals surface area contributed by atoms with Gasteiger partial charge in [-0.1, -0.05) is 53.8 Å². The summed E-state index contributed by atoms with van der Waals surface area (Å²) in [6, 6.07) is 16.8. The molecule has 0 aliphatic carbocycles. The average molecular weight is 365 g/mol. The highest BCUT2D eigenvalue weighted by atomic mass is 32.1. The number of esters is 1. The zero-order valence-electron chi connectivity index (χ0n) is 13.9. The second-order valence-corrected chi connectivity index (χ2v) is 6.86. The molecule has 0 radical (unpaired) electrons. The van der Waals surface area contributed by atoms with Crippen molar-refractivity contribution in [3.05, 3.63) is 86.7 Å². The normalized spacial score (nSPS) is 16.1. The number of rotatable bonds is 2. The van der Waals surface area contributed by atoms with Crippen molar-refractivity contribution in [1.29, 1.82) is 0 Å². The summed E-state index contributed by atoms with van der Waals surface area (Å²) in [5.74, 6) is -0.886. The Morgan fingerprint density at radius 1 is 1.12 bits per heavy atom. The van der Waals surface area contributed by atoms with E-state index in [0.717, 1.165) is 27.0 Å². The van der Waals surface area contributed by atoms with Gasteiger partial charge in [0.1, 0.15) is 11.3 Å². The molecule has 0 fully saturated rings. The summed E-state index contributed by atoms with van der Waals surface area (Å²) in [6.45, 7) is 0. The van der Waals surface area contributed by atoms with Crippen LogP contribution >= 0.6 is 11.3 Å². The van der Waals surface area contributed by atoms with Gasteiger partial charge in [0.25, 0.3) is 0 Å². The molecule has 1 aromatic heterocycles. The Bertz CT molecular complexity index is 1100. The Labute approximate surface area is 153 Å². The maximum atomic E-state index is 12.9. The molecule has 1 aliphatic rings. The summed E-state index contributed by atoms with van der Waals surface area (Å²) in [7, 11) is 1.28. The lowest BCUT2D eigenvalue weighted by Crippen LogP contribution is -2.30. The zero-order valence-corrected chi connectivity index (χ0v) is 14.7. The highest BCUT2D eigenvalue weighted by Crippen LogP contribution is 2.44. The molecule has 6 heteroatoms. The molecule has 1 atom stereocenters. The van der Waals surface area contributed by atoms with Gasteiger partial charge >= 0.3 is 5.97 Å². The van der Waals surface area contributed by atoms with E-state index < -0.39 is 11.9 Å². The minimum absolute atomic E-state index is 0.0426. The Kier molecular flexibility index (Phi) is 3.97. The van der Waals surface area contributed by atoms with E-state index in [2.05, 4.69) is 0 Å². The second kappa shape index (κ2) is 6.31. The van der Waals surface area contributed by atoms with Gasteiger partial charge in [-0.15, -0.1) is 0 Å². The van der Waals surface area contributed by atoms with Gasteiger partial charge < -0.3 is 15.2 Å². The maximum absolute atomic E-state index is 12.9. The largest absolute Gasteiger partial charge is 0.465 e. The van der Waals surface area contributed by atoms with Crippen molar-refractivity contribution in [3.8, 4) is 5.75 Å². The van der Waals surface area contributed by atoms with Crippen molar-refractivity contribution in [1.82, 2.24) is 0 Å². The van der Waals surface area contributed by atoms with Crippen molar-refractivity contribution in [2.45, 2.75) is 5.92 Å². The standard InChI is InChI=1S/C20H15NO4S/c1-24-19(22)16-14(11-7-3-2-4-8-11)15-17(25-18(16)21)12-9-5-6-10-13(12)26-20(15)23/h2-10,14H,21H2,1H3. The molecule has 0 saturated heterocycles. The fourth-order valence-corrected chi connectivity index (χ4v) is 4.19. The molecule has 1 unspecified atom stereocenters. The molecule has 1 aliphatic heterocycles. The van der Waals surface area contributed by atoms with E-state index in [-0.39, 0.29) is 16.2 Å². The first-order valence-electron chi connectivity index (χ1n) is 7.98. The van der Waals surface area contributed by atoms with Gasteiger partial charge in [-0.3, -0.25) is 4.79 Å². The van der Waals surface area contributed by atoms with Gasteiger partial charge in [-0.2, -0.15) is 0 Å². The van der Waals surface area contributed by atoms with E-state index in [4.69, 9.17) is 15.2 Å². The molecule has 5 nitrogen and oxygen atoms in total. The third-order valence-electron chi connectivity index (χ3n) is 4.39. The summed E-state index contributed by atoms with van der Waals surface area (Å²) in [4.78, 5) is 25.4. The van der Waals surface area contributed by atoms with E-state index in [1.54, 1.807) is 0 Å². The fourth-order valence-electron chi connectivity index (χ4n) is 3.25. The van der Waals surface area contributed by atoms with E-state index in [0.29, 0.717) is 11.3 Å². The first-order valence-corrected chi connectivity index (χ1v) is 8.80. The van der Waals surface area contributed by atoms with Gasteiger partial charge in [0.05, 0.1) is 18.6 Å². The number of hydrogen-bond acceptors (Lipinski definition) is 6. The van der Waals surface area contributed by atoms with Gasteiger partial charge in [0.15, 0.2) is 0 Å². The predicted octanol–water partition coefficient (Wildman–Crippen LogP) is 3.13. The Hall–Kier alpha value is -3.12. The van der Waals surface area contributed by atoms with Crippen molar-refractivity contribution >= 4 is 27.4 Å². The van der Waals surface area contributed by atoms with Crippen LogP contribution in [0.15, 0.2) is 70.8 Å². The van der Waals surface area contributed by atoms with Crippen LogP contribution in [0.4, 0.5) is 0 Å². The minimum Gasteiger partial charge on any atom is -0.465 e. The summed E-state index contributed by atoms with van der Waals surface area (Å²) in [5, 5.41) is 0.792. The molecule has 0 amide bonds. The quantitative estimate of drug-likeness (QED) is 0.706. The molecule has 0 spiro atoms. The van der Waals surface area contributed by atoms with E-state index in [1.807, 2.05) is 54.6 Å². The Balaban J connectivity index is 2.08. The van der Waals surface area contributed by atoms with Crippen LogP contribution < -0.4 is 15.2 Å². The van der Waals surface area contributed by atoms with Crippen LogP contribution in [-0.2, 0) is 9.53 Å². The summed E-state index contributed by atoms with van der Waals surface area (Å²) in [6.07, 6.45) is 0. The highest BCUT2D eigenvalue weighted by Gasteiger charge is 2.38. The van der Waals surface area contributed by atoms with E-state index >= 15 is 0 Å². The highest BCUT2D eigenvalue weighted by molar-refractivity contribution is 7.16. The van der Waals surface area contributed by atoms with Crippen LogP contribution in [0.2, 0.25) is 0 Å². The minimum atomic E-state index is -0.638. The summed E-state index contributed by atoms with van der Waals surface area (Å²) in [5.41, 5.74) is 7.43. The van der Waals surface area contributed by atoms with Gasteiger partial charge in [0, 0.05) is 10.1 Å².